The van der Waals surface area contributed by atoms with Gasteiger partial charge in [-0.3, -0.25) is 14.4 Å². The van der Waals surface area contributed by atoms with Crippen LogP contribution < -0.4 is 16.4 Å². The van der Waals surface area contributed by atoms with Gasteiger partial charge in [-0.05, 0) is 55.2 Å². The number of nitrogen functional groups attached to an aromatic ring is 1. The maximum atomic E-state index is 13.1. The van der Waals surface area contributed by atoms with E-state index in [-0.39, 0.29) is 24.1 Å². The van der Waals surface area contributed by atoms with Gasteiger partial charge in [-0.15, -0.1) is 0 Å². The van der Waals surface area contributed by atoms with E-state index in [1.807, 2.05) is 50.3 Å². The Morgan fingerprint density at radius 2 is 1.87 bits per heavy atom. The molecule has 2 aliphatic heterocycles. The van der Waals surface area contributed by atoms with Crippen LogP contribution in [0.25, 0.3) is 6.08 Å². The molecule has 3 amide bonds. The zero-order chi connectivity index (χ0) is 32.8. The van der Waals surface area contributed by atoms with Crippen molar-refractivity contribution in [1.29, 1.82) is 5.41 Å². The molecule has 0 saturated carbocycles. The molecule has 46 heavy (non-hydrogen) atoms. The van der Waals surface area contributed by atoms with Gasteiger partial charge in [-0.25, -0.2) is 9.97 Å². The normalized spacial score (nSPS) is 20.5. The number of carbonyl (C=O) groups is 3. The van der Waals surface area contributed by atoms with Gasteiger partial charge < -0.3 is 36.2 Å². The second-order valence-corrected chi connectivity index (χ2v) is 11.7. The molecule has 0 radical (unpaired) electrons. The number of fused-ring (bicyclic) bond motifs is 2. The Bertz CT molecular complexity index is 1710. The second kappa shape index (κ2) is 14.0. The number of pyridine rings is 2. The van der Waals surface area contributed by atoms with Crippen molar-refractivity contribution >= 4 is 41.5 Å². The molecule has 1 atom stereocenters. The van der Waals surface area contributed by atoms with Crippen molar-refractivity contribution in [2.75, 3.05) is 57.6 Å². The first-order valence-electron chi connectivity index (χ1n) is 15.1. The third kappa shape index (κ3) is 6.98. The molecule has 1 aliphatic carbocycles. The molecule has 240 valence electrons. The van der Waals surface area contributed by atoms with Crippen LogP contribution in [0.2, 0.25) is 0 Å². The van der Waals surface area contributed by atoms with Crippen LogP contribution in [0.5, 0.6) is 0 Å². The Morgan fingerprint density at radius 1 is 1.07 bits per heavy atom. The lowest BCUT2D eigenvalue weighted by molar-refractivity contribution is -0.129. The summed E-state index contributed by atoms with van der Waals surface area (Å²) >= 11 is 0. The molecular formula is C34H39N7O5. The number of nitrogens with one attached hydrogen (secondary N) is 3. The average molecular weight is 626 g/mol. The van der Waals surface area contributed by atoms with E-state index in [0.29, 0.717) is 63.0 Å². The van der Waals surface area contributed by atoms with Gasteiger partial charge in [0.15, 0.2) is 0 Å². The van der Waals surface area contributed by atoms with E-state index in [9.17, 15) is 14.4 Å². The zero-order valence-electron chi connectivity index (χ0n) is 26.3. The van der Waals surface area contributed by atoms with Crippen LogP contribution in [-0.2, 0) is 37.3 Å². The lowest BCUT2D eigenvalue weighted by Gasteiger charge is -2.20. The first-order chi connectivity index (χ1) is 22.1. The number of amides is 3. The van der Waals surface area contributed by atoms with Crippen molar-refractivity contribution in [2.45, 2.75) is 32.1 Å². The topological polar surface area (TPSA) is 173 Å². The number of carbonyl (C=O) groups excluding carboxylic acids is 3. The van der Waals surface area contributed by atoms with Crippen molar-refractivity contribution in [1.82, 2.24) is 20.2 Å². The molecule has 0 fully saturated rings. The van der Waals surface area contributed by atoms with Crippen molar-refractivity contribution in [3.05, 3.63) is 87.4 Å². The summed E-state index contributed by atoms with van der Waals surface area (Å²) in [5.41, 5.74) is 12.2. The highest BCUT2D eigenvalue weighted by Crippen LogP contribution is 2.46. The number of nitrogens with zero attached hydrogens (tertiary/aromatic N) is 3. The molecule has 1 spiro atoms. The molecule has 3 aromatic rings. The van der Waals surface area contributed by atoms with Crippen LogP contribution in [0, 0.1) is 19.3 Å². The van der Waals surface area contributed by atoms with Crippen LogP contribution in [0.4, 0.5) is 11.5 Å². The molecule has 6 rings (SSSR count). The van der Waals surface area contributed by atoms with E-state index in [4.69, 9.17) is 20.6 Å². The third-order valence-corrected chi connectivity index (χ3v) is 8.37. The minimum atomic E-state index is -0.805. The predicted octanol–water partition coefficient (Wildman–Crippen LogP) is 2.60. The Labute approximate surface area is 267 Å². The minimum absolute atomic E-state index is 0.114. The molecule has 1 aromatic carbocycles. The van der Waals surface area contributed by atoms with Crippen LogP contribution in [0.1, 0.15) is 49.6 Å². The van der Waals surface area contributed by atoms with Gasteiger partial charge in [0.2, 0.25) is 11.8 Å². The fourth-order valence-corrected chi connectivity index (χ4v) is 5.78. The van der Waals surface area contributed by atoms with Gasteiger partial charge in [0, 0.05) is 54.9 Å². The Kier molecular flexibility index (Phi) is 9.88. The third-order valence-electron chi connectivity index (χ3n) is 8.37. The number of benzene rings is 1. The highest BCUT2D eigenvalue weighted by molar-refractivity contribution is 6.06. The van der Waals surface area contributed by atoms with Gasteiger partial charge in [-0.1, -0.05) is 29.8 Å². The maximum absolute atomic E-state index is 13.1. The van der Waals surface area contributed by atoms with Gasteiger partial charge in [-0.2, -0.15) is 0 Å². The second-order valence-electron chi connectivity index (χ2n) is 11.7. The SMILES string of the molecule is CN1CCOCCOC/C=C/c2cnc3c(c2)C2(Cc4ccc(nc4C2)C(=O)NCC1=O)C(=O)N3.Cc1cc(C)c(N)c(C=N)c1. The fourth-order valence-electron chi connectivity index (χ4n) is 5.78. The lowest BCUT2D eigenvalue weighted by atomic mass is 9.79. The van der Waals surface area contributed by atoms with Crippen LogP contribution in [0.3, 0.4) is 0 Å². The van der Waals surface area contributed by atoms with E-state index in [2.05, 4.69) is 20.6 Å². The Balaban J connectivity index is 0.000000322. The first-order valence-corrected chi connectivity index (χ1v) is 15.1. The molecule has 1 unspecified atom stereocenters. The van der Waals surface area contributed by atoms with Crippen molar-refractivity contribution in [2.24, 2.45) is 0 Å². The zero-order valence-corrected chi connectivity index (χ0v) is 26.3. The molecular weight excluding hydrogens is 586 g/mol. The molecule has 2 aromatic heterocycles. The van der Waals surface area contributed by atoms with Gasteiger partial charge in [0.05, 0.1) is 38.4 Å². The van der Waals surface area contributed by atoms with Crippen LogP contribution >= 0.6 is 0 Å². The maximum Gasteiger partial charge on any atom is 0.270 e. The largest absolute Gasteiger partial charge is 0.398 e. The Hall–Kier alpha value is -4.94. The predicted molar refractivity (Wildman–Crippen MR) is 175 cm³/mol. The molecule has 4 heterocycles. The number of likely N-dealkylation sites (N-methyl/N-ethyl adjacent to an activating group) is 1. The summed E-state index contributed by atoms with van der Waals surface area (Å²) in [5.74, 6) is -0.218. The summed E-state index contributed by atoms with van der Waals surface area (Å²) in [6.45, 7) is 5.84. The van der Waals surface area contributed by atoms with E-state index in [0.717, 1.165) is 33.4 Å². The minimum Gasteiger partial charge on any atom is -0.398 e. The number of hydrogen-bond acceptors (Lipinski definition) is 9. The number of hydrogen-bond donors (Lipinski definition) is 4. The number of anilines is 2. The number of aromatic nitrogens is 2. The average Bonchev–Trinajstić information content (AvgIpc) is 3.56. The van der Waals surface area contributed by atoms with E-state index < -0.39 is 11.3 Å². The lowest BCUT2D eigenvalue weighted by Crippen LogP contribution is -2.39. The quantitative estimate of drug-likeness (QED) is 0.236. The van der Waals surface area contributed by atoms with Crippen molar-refractivity contribution < 1.29 is 23.9 Å². The van der Waals surface area contributed by atoms with Gasteiger partial charge >= 0.3 is 0 Å². The number of aryl methyl sites for hydroxylation is 2. The Morgan fingerprint density at radius 3 is 2.67 bits per heavy atom. The number of ether oxygens (including phenoxy) is 2. The highest BCUT2D eigenvalue weighted by atomic mass is 16.5. The molecule has 5 N–H and O–H groups in total. The number of nitrogens with two attached hydrogens (primary N) is 1. The van der Waals surface area contributed by atoms with Crippen molar-refractivity contribution in [3.63, 3.8) is 0 Å². The standard InChI is InChI=1S/C25H27N5O5.C9H12N2/c1-30-6-8-35-10-9-34-7-2-3-16-11-18-22(26-14-16)29-24(33)25(18)12-17-4-5-19(28-20(17)13-25)23(32)27-15-21(30)31;1-6-3-7(2)9(11)8(4-6)5-10/h2-5,11,14H,6-10,12-13,15H2,1H3,(H,27,32)(H,26,29,33);3-5,10H,11H2,1-2H3/b3-2+;. The molecule has 5 bridgehead atoms. The van der Waals surface area contributed by atoms with Gasteiger partial charge in [0.25, 0.3) is 5.91 Å². The number of rotatable bonds is 1. The first kappa shape index (κ1) is 32.5. The summed E-state index contributed by atoms with van der Waals surface area (Å²) in [5, 5.41) is 12.6. The van der Waals surface area contributed by atoms with Gasteiger partial charge in [0.1, 0.15) is 11.5 Å². The molecule has 12 heteroatoms. The van der Waals surface area contributed by atoms with Crippen LogP contribution in [-0.4, -0.2) is 85.4 Å². The smallest absolute Gasteiger partial charge is 0.270 e. The van der Waals surface area contributed by atoms with E-state index in [1.54, 1.807) is 19.3 Å². The van der Waals surface area contributed by atoms with E-state index in [1.165, 1.54) is 11.1 Å². The molecule has 3 aliphatic rings. The molecule has 12 nitrogen and oxygen atoms in total. The summed E-state index contributed by atoms with van der Waals surface area (Å²) in [4.78, 5) is 48.7. The monoisotopic (exact) mass is 625 g/mol. The highest BCUT2D eigenvalue weighted by Gasteiger charge is 2.52. The summed E-state index contributed by atoms with van der Waals surface area (Å²) in [6, 6.07) is 9.38. The van der Waals surface area contributed by atoms with Crippen LogP contribution in [0.15, 0.2) is 42.6 Å². The summed E-state index contributed by atoms with van der Waals surface area (Å²) in [6.07, 6.45) is 7.68. The summed E-state index contributed by atoms with van der Waals surface area (Å²) in [7, 11) is 1.66. The fraction of sp³-hybridized carbons (Fsp3) is 0.353. The molecule has 0 saturated heterocycles. The van der Waals surface area contributed by atoms with E-state index >= 15 is 0 Å². The summed E-state index contributed by atoms with van der Waals surface area (Å²) < 4.78 is 11.1. The van der Waals surface area contributed by atoms with Crippen molar-refractivity contribution in [3.8, 4) is 0 Å².